The standard InChI is InChI=1S/C25H53N3O7/c1-10-25(15-33-12-22(2)11-26-5,16-34-13-23(3)27(18-29-6)19-30-7)17-35-14-24(4)28(20-31-8)21-32-9/h22-24H,5,10-21H2,1-4,6-9H3. The van der Waals surface area contributed by atoms with Crippen LogP contribution in [0.5, 0.6) is 0 Å². The smallest absolute Gasteiger partial charge is 0.101 e. The van der Waals surface area contributed by atoms with E-state index in [-0.39, 0.29) is 17.5 Å². The quantitative estimate of drug-likeness (QED) is 0.137. The maximum absolute atomic E-state index is 6.22. The third kappa shape index (κ3) is 15.2. The lowest BCUT2D eigenvalue weighted by Gasteiger charge is -2.35. The first kappa shape index (κ1) is 34.3. The summed E-state index contributed by atoms with van der Waals surface area (Å²) >= 11 is 0. The molecule has 10 heteroatoms. The van der Waals surface area contributed by atoms with Crippen molar-refractivity contribution in [1.29, 1.82) is 0 Å². The van der Waals surface area contributed by atoms with Crippen LogP contribution in [0.2, 0.25) is 0 Å². The molecule has 10 nitrogen and oxygen atoms in total. The van der Waals surface area contributed by atoms with Gasteiger partial charge in [-0.05, 0) is 32.9 Å². The van der Waals surface area contributed by atoms with Crippen LogP contribution in [0.25, 0.3) is 0 Å². The molecule has 0 aliphatic heterocycles. The Balaban J connectivity index is 5.07. The van der Waals surface area contributed by atoms with E-state index in [9.17, 15) is 0 Å². The van der Waals surface area contributed by atoms with Gasteiger partial charge in [-0.3, -0.25) is 9.80 Å². The molecule has 0 rings (SSSR count). The van der Waals surface area contributed by atoms with Gasteiger partial charge < -0.3 is 38.2 Å². The van der Waals surface area contributed by atoms with E-state index in [4.69, 9.17) is 33.2 Å². The fourth-order valence-corrected chi connectivity index (χ4v) is 3.53. The van der Waals surface area contributed by atoms with E-state index in [1.165, 1.54) is 0 Å². The zero-order chi connectivity index (χ0) is 26.5. The molecule has 0 amide bonds. The van der Waals surface area contributed by atoms with Crippen molar-refractivity contribution in [2.45, 2.75) is 46.2 Å². The van der Waals surface area contributed by atoms with Gasteiger partial charge in [0.1, 0.15) is 26.9 Å². The van der Waals surface area contributed by atoms with Crippen LogP contribution in [-0.4, -0.2) is 130 Å². The van der Waals surface area contributed by atoms with Gasteiger partial charge in [-0.25, -0.2) is 0 Å². The Hall–Kier alpha value is -0.690. The highest BCUT2D eigenvalue weighted by Gasteiger charge is 2.31. The van der Waals surface area contributed by atoms with Gasteiger partial charge in [0.2, 0.25) is 0 Å². The van der Waals surface area contributed by atoms with Crippen LogP contribution < -0.4 is 0 Å². The zero-order valence-electron chi connectivity index (χ0n) is 23.6. The van der Waals surface area contributed by atoms with Crippen molar-refractivity contribution < 1.29 is 33.2 Å². The van der Waals surface area contributed by atoms with Gasteiger partial charge in [-0.15, -0.1) is 0 Å². The van der Waals surface area contributed by atoms with Gasteiger partial charge in [0.15, 0.2) is 0 Å². The van der Waals surface area contributed by atoms with E-state index in [1.54, 1.807) is 28.4 Å². The fourth-order valence-electron chi connectivity index (χ4n) is 3.53. The summed E-state index contributed by atoms with van der Waals surface area (Å²) in [4.78, 5) is 8.12. The molecule has 0 radical (unpaired) electrons. The summed E-state index contributed by atoms with van der Waals surface area (Å²) in [7, 11) is 6.71. The third-order valence-corrected chi connectivity index (χ3v) is 5.96. The molecule has 0 aromatic rings. The summed E-state index contributed by atoms with van der Waals surface area (Å²) < 4.78 is 39.7. The topological polar surface area (TPSA) is 83.5 Å². The fraction of sp³-hybridized carbons (Fsp3) is 0.960. The molecule has 0 aliphatic rings. The molecule has 0 saturated carbocycles. The minimum absolute atomic E-state index is 0.140. The van der Waals surface area contributed by atoms with Crippen LogP contribution in [-0.2, 0) is 33.2 Å². The molecule has 0 N–H and O–H groups in total. The van der Waals surface area contributed by atoms with E-state index in [1.807, 2.05) is 0 Å². The highest BCUT2D eigenvalue weighted by Crippen LogP contribution is 2.25. The van der Waals surface area contributed by atoms with E-state index in [2.05, 4.69) is 49.2 Å². The molecule has 3 atom stereocenters. The summed E-state index contributed by atoms with van der Waals surface area (Å²) in [5, 5.41) is 0. The summed E-state index contributed by atoms with van der Waals surface area (Å²) in [5.74, 6) is 0.317. The van der Waals surface area contributed by atoms with Crippen LogP contribution in [0.4, 0.5) is 0 Å². The first-order valence-electron chi connectivity index (χ1n) is 12.4. The lowest BCUT2D eigenvalue weighted by Crippen LogP contribution is -2.43. The van der Waals surface area contributed by atoms with Crippen LogP contribution in [0.1, 0.15) is 34.1 Å². The summed E-state index contributed by atoms with van der Waals surface area (Å²) in [5.41, 5.74) is -0.262. The highest BCUT2D eigenvalue weighted by molar-refractivity contribution is 5.23. The van der Waals surface area contributed by atoms with Crippen molar-refractivity contribution >= 4 is 6.72 Å². The monoisotopic (exact) mass is 507 g/mol. The van der Waals surface area contributed by atoms with Crippen LogP contribution >= 0.6 is 0 Å². The lowest BCUT2D eigenvalue weighted by atomic mass is 9.88. The van der Waals surface area contributed by atoms with E-state index in [0.717, 1.165) is 6.42 Å². The third-order valence-electron chi connectivity index (χ3n) is 5.96. The molecule has 0 aromatic heterocycles. The van der Waals surface area contributed by atoms with Crippen molar-refractivity contribution in [3.8, 4) is 0 Å². The van der Waals surface area contributed by atoms with Gasteiger partial charge in [0.25, 0.3) is 0 Å². The predicted molar refractivity (Wildman–Crippen MR) is 139 cm³/mol. The molecule has 0 fully saturated rings. The van der Waals surface area contributed by atoms with Gasteiger partial charge in [0.05, 0.1) is 39.6 Å². The van der Waals surface area contributed by atoms with E-state index in [0.29, 0.717) is 79.0 Å². The Morgan fingerprint density at radius 3 is 1.37 bits per heavy atom. The molecule has 0 bridgehead atoms. The summed E-state index contributed by atoms with van der Waals surface area (Å²) in [6, 6.07) is 0.281. The molecule has 0 aliphatic carbocycles. The number of nitrogens with zero attached hydrogens (tertiary/aromatic N) is 3. The SMILES string of the molecule is C=NCC(C)COCC(CC)(COCC(C)N(COC)COC)COCC(C)N(COC)COC. The van der Waals surface area contributed by atoms with Crippen molar-refractivity contribution in [1.82, 2.24) is 9.80 Å². The average Bonchev–Trinajstić information content (AvgIpc) is 2.83. The van der Waals surface area contributed by atoms with Crippen molar-refractivity contribution in [3.05, 3.63) is 0 Å². The molecule has 0 spiro atoms. The number of hydrogen-bond acceptors (Lipinski definition) is 10. The average molecular weight is 508 g/mol. The molecular formula is C25H53N3O7. The first-order chi connectivity index (χ1) is 16.8. The van der Waals surface area contributed by atoms with Crippen molar-refractivity contribution in [3.63, 3.8) is 0 Å². The number of methoxy groups -OCH3 is 4. The summed E-state index contributed by atoms with van der Waals surface area (Å²) in [6.45, 7) is 18.0. The molecule has 210 valence electrons. The molecule has 0 aromatic carbocycles. The van der Waals surface area contributed by atoms with Crippen LogP contribution in [0, 0.1) is 11.3 Å². The van der Waals surface area contributed by atoms with E-state index < -0.39 is 0 Å². The predicted octanol–water partition coefficient (Wildman–Crippen LogP) is 2.57. The molecular weight excluding hydrogens is 454 g/mol. The van der Waals surface area contributed by atoms with Gasteiger partial charge in [-0.2, -0.15) is 0 Å². The minimum Gasteiger partial charge on any atom is -0.380 e. The number of ether oxygens (including phenoxy) is 7. The number of rotatable bonds is 25. The zero-order valence-corrected chi connectivity index (χ0v) is 23.6. The van der Waals surface area contributed by atoms with Gasteiger partial charge in [-0.1, -0.05) is 13.8 Å². The number of hydrogen-bond donors (Lipinski definition) is 0. The second-order valence-electron chi connectivity index (χ2n) is 9.46. The van der Waals surface area contributed by atoms with Crippen LogP contribution in [0.15, 0.2) is 4.99 Å². The Bertz CT molecular complexity index is 462. The minimum atomic E-state index is -0.262. The largest absolute Gasteiger partial charge is 0.380 e. The highest BCUT2D eigenvalue weighted by atomic mass is 16.5. The second-order valence-corrected chi connectivity index (χ2v) is 9.46. The maximum atomic E-state index is 6.22. The lowest BCUT2D eigenvalue weighted by molar-refractivity contribution is -0.105. The van der Waals surface area contributed by atoms with Crippen molar-refractivity contribution in [2.75, 3.05) is 102 Å². The Kier molecular flexibility index (Phi) is 21.0. The Labute approximate surface area is 214 Å². The molecule has 35 heavy (non-hydrogen) atoms. The van der Waals surface area contributed by atoms with Crippen LogP contribution in [0.3, 0.4) is 0 Å². The van der Waals surface area contributed by atoms with Gasteiger partial charge in [0, 0.05) is 52.5 Å². The molecule has 0 heterocycles. The molecule has 0 saturated heterocycles. The Morgan fingerprint density at radius 2 is 1.06 bits per heavy atom. The maximum Gasteiger partial charge on any atom is 0.101 e. The summed E-state index contributed by atoms with van der Waals surface area (Å²) in [6.07, 6.45) is 0.865. The molecule has 3 unspecified atom stereocenters. The normalized spacial score (nSPS) is 16.4. The first-order valence-corrected chi connectivity index (χ1v) is 12.4. The number of aliphatic imine (C=N–C) groups is 1. The van der Waals surface area contributed by atoms with Gasteiger partial charge >= 0.3 is 0 Å². The second kappa shape index (κ2) is 21.4. The van der Waals surface area contributed by atoms with Crippen molar-refractivity contribution in [2.24, 2.45) is 16.3 Å². The Morgan fingerprint density at radius 1 is 0.686 bits per heavy atom. The van der Waals surface area contributed by atoms with E-state index >= 15 is 0 Å².